The fourth-order valence-corrected chi connectivity index (χ4v) is 2.57. The molecule has 3 N–H and O–H groups in total. The van der Waals surface area contributed by atoms with Crippen LogP contribution in [0.2, 0.25) is 0 Å². The summed E-state index contributed by atoms with van der Waals surface area (Å²) in [5, 5.41) is 6.93. The molecule has 0 unspecified atom stereocenters. The summed E-state index contributed by atoms with van der Waals surface area (Å²) < 4.78 is 1.08. The molecular weight excluding hydrogens is 370 g/mol. The molecular formula is C21H21N5O3. The number of aromatic nitrogens is 2. The van der Waals surface area contributed by atoms with Gasteiger partial charge in [-0.15, -0.1) is 0 Å². The van der Waals surface area contributed by atoms with Gasteiger partial charge in [0.15, 0.2) is 0 Å². The van der Waals surface area contributed by atoms with E-state index in [9.17, 15) is 14.4 Å². The quantitative estimate of drug-likeness (QED) is 0.529. The number of aryl methyl sites for hydroxylation is 1. The van der Waals surface area contributed by atoms with Crippen molar-refractivity contribution in [3.8, 4) is 11.3 Å². The molecule has 0 aliphatic rings. The smallest absolute Gasteiger partial charge is 0.267 e. The topological polar surface area (TPSA) is 105 Å². The average molecular weight is 391 g/mol. The highest BCUT2D eigenvalue weighted by molar-refractivity contribution is 5.92. The van der Waals surface area contributed by atoms with Crippen LogP contribution in [0.1, 0.15) is 5.56 Å². The Hall–Kier alpha value is -3.78. The fourth-order valence-electron chi connectivity index (χ4n) is 2.57. The van der Waals surface area contributed by atoms with Gasteiger partial charge in [0.2, 0.25) is 5.91 Å². The molecule has 8 heteroatoms. The maximum Gasteiger partial charge on any atom is 0.267 e. The Morgan fingerprint density at radius 1 is 0.931 bits per heavy atom. The van der Waals surface area contributed by atoms with E-state index in [-0.39, 0.29) is 19.0 Å². The van der Waals surface area contributed by atoms with Gasteiger partial charge in [-0.2, -0.15) is 5.10 Å². The van der Waals surface area contributed by atoms with Gasteiger partial charge in [-0.1, -0.05) is 48.0 Å². The third-order valence-corrected chi connectivity index (χ3v) is 4.04. The van der Waals surface area contributed by atoms with E-state index in [2.05, 4.69) is 21.3 Å². The molecule has 0 spiro atoms. The van der Waals surface area contributed by atoms with Gasteiger partial charge in [-0.05, 0) is 25.1 Å². The van der Waals surface area contributed by atoms with E-state index in [0.29, 0.717) is 11.4 Å². The third-order valence-electron chi connectivity index (χ3n) is 4.04. The van der Waals surface area contributed by atoms with Crippen LogP contribution in [0.4, 0.5) is 5.69 Å². The minimum absolute atomic E-state index is 0.119. The van der Waals surface area contributed by atoms with Gasteiger partial charge in [0.25, 0.3) is 11.5 Å². The van der Waals surface area contributed by atoms with Gasteiger partial charge in [0, 0.05) is 17.3 Å². The molecule has 0 aliphatic heterocycles. The van der Waals surface area contributed by atoms with Crippen LogP contribution in [-0.4, -0.2) is 28.1 Å². The number of anilines is 1. The predicted octanol–water partition coefficient (Wildman–Crippen LogP) is 1.48. The first-order valence-corrected chi connectivity index (χ1v) is 9.03. The molecule has 2 aromatic carbocycles. The lowest BCUT2D eigenvalue weighted by atomic mass is 10.1. The number of benzene rings is 2. The van der Waals surface area contributed by atoms with E-state index >= 15 is 0 Å². The highest BCUT2D eigenvalue weighted by Crippen LogP contribution is 2.13. The first-order chi connectivity index (χ1) is 14.0. The van der Waals surface area contributed by atoms with Crippen LogP contribution in [-0.2, 0) is 16.1 Å². The van der Waals surface area contributed by atoms with Gasteiger partial charge < -0.3 is 5.32 Å². The zero-order valence-electron chi connectivity index (χ0n) is 15.9. The summed E-state index contributed by atoms with van der Waals surface area (Å²) in [6, 6.07) is 19.7. The SMILES string of the molecule is Cc1ccc(NC(=O)CNNC(=O)Cn2nc(-c3ccccc3)ccc2=O)cc1. The third kappa shape index (κ3) is 5.85. The van der Waals surface area contributed by atoms with E-state index in [1.807, 2.05) is 49.4 Å². The fraction of sp³-hybridized carbons (Fsp3) is 0.143. The Morgan fingerprint density at radius 3 is 2.38 bits per heavy atom. The minimum Gasteiger partial charge on any atom is -0.325 e. The van der Waals surface area contributed by atoms with E-state index in [1.165, 1.54) is 6.07 Å². The van der Waals surface area contributed by atoms with Gasteiger partial charge in [0.1, 0.15) is 6.54 Å². The van der Waals surface area contributed by atoms with Crippen molar-refractivity contribution in [1.29, 1.82) is 0 Å². The normalized spacial score (nSPS) is 10.4. The van der Waals surface area contributed by atoms with Crippen LogP contribution in [0.3, 0.4) is 0 Å². The predicted molar refractivity (Wildman–Crippen MR) is 110 cm³/mol. The standard InChI is InChI=1S/C21H21N5O3/c1-15-7-9-17(10-8-15)23-19(27)13-22-24-20(28)14-26-21(29)12-11-18(25-26)16-5-3-2-4-6-16/h2-12,22H,13-14H2,1H3,(H,23,27)(H,24,28). The average Bonchev–Trinajstić information content (AvgIpc) is 2.72. The lowest BCUT2D eigenvalue weighted by Gasteiger charge is -2.10. The molecule has 0 radical (unpaired) electrons. The summed E-state index contributed by atoms with van der Waals surface area (Å²) in [7, 11) is 0. The summed E-state index contributed by atoms with van der Waals surface area (Å²) in [5.41, 5.74) is 7.74. The minimum atomic E-state index is -0.493. The number of hydrogen-bond donors (Lipinski definition) is 3. The Balaban J connectivity index is 1.51. The van der Waals surface area contributed by atoms with Gasteiger partial charge in [0.05, 0.1) is 12.2 Å². The summed E-state index contributed by atoms with van der Waals surface area (Å²) in [4.78, 5) is 36.0. The maximum absolute atomic E-state index is 12.1. The molecule has 0 saturated heterocycles. The number of carbonyl (C=O) groups excluding carboxylic acids is 2. The van der Waals surface area contributed by atoms with Crippen LogP contribution >= 0.6 is 0 Å². The highest BCUT2D eigenvalue weighted by atomic mass is 16.2. The van der Waals surface area contributed by atoms with Crippen molar-refractivity contribution in [2.45, 2.75) is 13.5 Å². The Kier molecular flexibility index (Phi) is 6.49. The van der Waals surface area contributed by atoms with Crippen molar-refractivity contribution < 1.29 is 9.59 Å². The number of amides is 2. The highest BCUT2D eigenvalue weighted by Gasteiger charge is 2.09. The second kappa shape index (κ2) is 9.43. The second-order valence-electron chi connectivity index (χ2n) is 6.40. The number of hydrazine groups is 1. The summed E-state index contributed by atoms with van der Waals surface area (Å²) in [6.07, 6.45) is 0. The van der Waals surface area contributed by atoms with Crippen molar-refractivity contribution in [3.05, 3.63) is 82.6 Å². The monoisotopic (exact) mass is 391 g/mol. The second-order valence-corrected chi connectivity index (χ2v) is 6.40. The molecule has 148 valence electrons. The Bertz CT molecular complexity index is 1050. The molecule has 0 atom stereocenters. The molecule has 1 heterocycles. The molecule has 3 aromatic rings. The molecule has 2 amide bonds. The Labute approximate surface area is 167 Å². The van der Waals surface area contributed by atoms with Crippen LogP contribution in [0.5, 0.6) is 0 Å². The molecule has 0 fully saturated rings. The molecule has 3 rings (SSSR count). The van der Waals surface area contributed by atoms with Crippen LogP contribution in [0.15, 0.2) is 71.5 Å². The molecule has 1 aromatic heterocycles. The lowest BCUT2D eigenvalue weighted by Crippen LogP contribution is -2.44. The van der Waals surface area contributed by atoms with Gasteiger partial charge in [-0.25, -0.2) is 10.1 Å². The molecule has 0 saturated carbocycles. The largest absolute Gasteiger partial charge is 0.325 e. The van der Waals surface area contributed by atoms with Crippen LogP contribution in [0, 0.1) is 6.92 Å². The van der Waals surface area contributed by atoms with Crippen molar-refractivity contribution in [1.82, 2.24) is 20.6 Å². The van der Waals surface area contributed by atoms with Crippen LogP contribution in [0.25, 0.3) is 11.3 Å². The van der Waals surface area contributed by atoms with Crippen LogP contribution < -0.4 is 21.7 Å². The Morgan fingerprint density at radius 2 is 1.66 bits per heavy atom. The van der Waals surface area contributed by atoms with Crippen molar-refractivity contribution in [2.24, 2.45) is 0 Å². The van der Waals surface area contributed by atoms with Crippen molar-refractivity contribution in [3.63, 3.8) is 0 Å². The van der Waals surface area contributed by atoms with E-state index in [4.69, 9.17) is 0 Å². The number of rotatable bonds is 7. The first kappa shape index (κ1) is 20.0. The zero-order valence-corrected chi connectivity index (χ0v) is 15.9. The lowest BCUT2D eigenvalue weighted by molar-refractivity contribution is -0.123. The molecule has 0 bridgehead atoms. The van der Waals surface area contributed by atoms with Crippen molar-refractivity contribution in [2.75, 3.05) is 11.9 Å². The number of carbonyl (C=O) groups is 2. The van der Waals surface area contributed by atoms with E-state index in [1.54, 1.807) is 18.2 Å². The summed E-state index contributed by atoms with van der Waals surface area (Å²) in [5.74, 6) is -0.802. The first-order valence-electron chi connectivity index (χ1n) is 9.03. The van der Waals surface area contributed by atoms with E-state index < -0.39 is 11.5 Å². The number of hydrogen-bond acceptors (Lipinski definition) is 5. The molecule has 8 nitrogen and oxygen atoms in total. The molecule has 29 heavy (non-hydrogen) atoms. The van der Waals surface area contributed by atoms with Crippen molar-refractivity contribution >= 4 is 17.5 Å². The van der Waals surface area contributed by atoms with Gasteiger partial charge in [-0.3, -0.25) is 19.8 Å². The maximum atomic E-state index is 12.1. The van der Waals surface area contributed by atoms with Gasteiger partial charge >= 0.3 is 0 Å². The summed E-state index contributed by atoms with van der Waals surface area (Å²) in [6.45, 7) is 1.57. The number of nitrogens with zero attached hydrogens (tertiary/aromatic N) is 2. The summed E-state index contributed by atoms with van der Waals surface area (Å²) >= 11 is 0. The van der Waals surface area contributed by atoms with E-state index in [0.717, 1.165) is 15.8 Å². The number of nitrogens with one attached hydrogen (secondary N) is 3. The zero-order chi connectivity index (χ0) is 20.6. The molecule has 0 aliphatic carbocycles.